The van der Waals surface area contributed by atoms with Crippen molar-refractivity contribution in [2.24, 2.45) is 5.92 Å². The third kappa shape index (κ3) is 4.96. The highest BCUT2D eigenvalue weighted by Gasteiger charge is 2.27. The van der Waals surface area contributed by atoms with Crippen molar-refractivity contribution in [2.45, 2.75) is 13.5 Å². The summed E-state index contributed by atoms with van der Waals surface area (Å²) in [5, 5.41) is 0. The second-order valence-electron chi connectivity index (χ2n) is 9.03. The third-order valence-corrected chi connectivity index (χ3v) is 6.83. The fourth-order valence-electron chi connectivity index (χ4n) is 5.27. The molecule has 1 aliphatic heterocycles. The largest absolute Gasteiger partial charge is 1.00 e. The van der Waals surface area contributed by atoms with E-state index in [2.05, 4.69) is 31.2 Å². The number of quaternary nitrogens is 2. The van der Waals surface area contributed by atoms with Gasteiger partial charge in [0.05, 0.1) is 24.7 Å². The Balaban J connectivity index is 0.00000162. The zero-order chi connectivity index (χ0) is 22.1. The Bertz CT molecular complexity index is 1290. The number of piperazine rings is 1. The summed E-state index contributed by atoms with van der Waals surface area (Å²) < 4.78 is 9.55. The number of hydrogen-bond acceptors (Lipinski definition) is 2. The van der Waals surface area contributed by atoms with E-state index >= 15 is 0 Å². The van der Waals surface area contributed by atoms with Gasteiger partial charge in [-0.2, -0.15) is 0 Å². The van der Waals surface area contributed by atoms with E-state index in [0.717, 1.165) is 61.6 Å². The van der Waals surface area contributed by atoms with Crippen LogP contribution in [0.3, 0.4) is 0 Å². The molecule has 3 heterocycles. The van der Waals surface area contributed by atoms with Crippen LogP contribution in [0.15, 0.2) is 71.7 Å². The van der Waals surface area contributed by atoms with Crippen molar-refractivity contribution < 1.29 is 39.4 Å². The van der Waals surface area contributed by atoms with Crippen LogP contribution >= 0.6 is 0 Å². The van der Waals surface area contributed by atoms with Crippen LogP contribution in [0.25, 0.3) is 16.6 Å². The molecule has 6 nitrogen and oxygen atoms in total. The van der Waals surface area contributed by atoms with Crippen LogP contribution in [0.2, 0.25) is 0 Å². The Morgan fingerprint density at radius 3 is 2.26 bits per heavy atom. The molecule has 1 fully saturated rings. The molecule has 0 amide bonds. The van der Waals surface area contributed by atoms with Crippen molar-refractivity contribution in [1.82, 2.24) is 8.97 Å². The van der Waals surface area contributed by atoms with Gasteiger partial charge in [0, 0.05) is 24.7 Å². The molecule has 2 aromatic carbocycles. The van der Waals surface area contributed by atoms with Gasteiger partial charge in [0.1, 0.15) is 31.7 Å². The molecule has 0 radical (unpaired) electrons. The molecule has 1 atom stereocenters. The van der Waals surface area contributed by atoms with Crippen LogP contribution in [0.1, 0.15) is 6.92 Å². The first-order valence-corrected chi connectivity index (χ1v) is 11.6. The lowest BCUT2D eigenvalue weighted by Gasteiger charge is -2.31. The molecule has 4 aromatic rings. The Kier molecular flexibility index (Phi) is 8.66. The lowest BCUT2D eigenvalue weighted by Crippen LogP contribution is -3.26. The van der Waals surface area contributed by atoms with E-state index in [1.807, 2.05) is 51.6 Å². The SMILES string of the molecule is COc1ccccc1[NH+]1CC[NH+](CC(C)Cn2c(=O)c3cccn3c3ccccc32)CC1.[Cl-].[Cl-]. The highest BCUT2D eigenvalue weighted by Crippen LogP contribution is 2.19. The third-order valence-electron chi connectivity index (χ3n) is 6.83. The molecule has 182 valence electrons. The number of fused-ring (bicyclic) bond motifs is 3. The molecule has 0 aliphatic carbocycles. The fourth-order valence-corrected chi connectivity index (χ4v) is 5.27. The lowest BCUT2D eigenvalue weighted by molar-refractivity contribution is -0.988. The maximum Gasteiger partial charge on any atom is 0.275 e. The summed E-state index contributed by atoms with van der Waals surface area (Å²) in [7, 11) is 1.75. The molecular formula is C26H32Cl2N4O2. The normalized spacial score (nSPS) is 18.8. The van der Waals surface area contributed by atoms with Crippen molar-refractivity contribution in [2.75, 3.05) is 39.8 Å². The van der Waals surface area contributed by atoms with Gasteiger partial charge in [0.25, 0.3) is 5.56 Å². The van der Waals surface area contributed by atoms with Gasteiger partial charge in [-0.05, 0) is 30.3 Å². The van der Waals surface area contributed by atoms with Crippen LogP contribution in [-0.4, -0.2) is 48.8 Å². The van der Waals surface area contributed by atoms with E-state index < -0.39 is 0 Å². The number of ether oxygens (including phenoxy) is 1. The minimum Gasteiger partial charge on any atom is -1.00 e. The van der Waals surface area contributed by atoms with Crippen LogP contribution < -0.4 is 44.9 Å². The minimum absolute atomic E-state index is 0. The van der Waals surface area contributed by atoms with Crippen molar-refractivity contribution >= 4 is 22.2 Å². The summed E-state index contributed by atoms with van der Waals surface area (Å²) in [5.74, 6) is 1.39. The molecule has 0 saturated carbocycles. The summed E-state index contributed by atoms with van der Waals surface area (Å²) >= 11 is 0. The molecule has 1 saturated heterocycles. The maximum absolute atomic E-state index is 13.2. The molecule has 8 heteroatoms. The van der Waals surface area contributed by atoms with Gasteiger partial charge in [0.2, 0.25) is 0 Å². The second kappa shape index (κ2) is 11.3. The molecular weight excluding hydrogens is 471 g/mol. The van der Waals surface area contributed by atoms with E-state index in [1.165, 1.54) is 10.6 Å². The van der Waals surface area contributed by atoms with Gasteiger partial charge < -0.3 is 43.4 Å². The predicted molar refractivity (Wildman–Crippen MR) is 127 cm³/mol. The monoisotopic (exact) mass is 502 g/mol. The first-order valence-electron chi connectivity index (χ1n) is 11.6. The van der Waals surface area contributed by atoms with Crippen molar-refractivity contribution in [3.05, 3.63) is 77.2 Å². The minimum atomic E-state index is 0. The number of halogens is 2. The number of aromatic nitrogens is 2. The molecule has 2 N–H and O–H groups in total. The number of benzene rings is 2. The highest BCUT2D eigenvalue weighted by atomic mass is 35.5. The fraction of sp³-hybridized carbons (Fsp3) is 0.346. The Morgan fingerprint density at radius 1 is 0.882 bits per heavy atom. The average Bonchev–Trinajstić information content (AvgIpc) is 3.33. The summed E-state index contributed by atoms with van der Waals surface area (Å²) in [6, 6.07) is 20.4. The Labute approximate surface area is 212 Å². The van der Waals surface area contributed by atoms with E-state index in [-0.39, 0.29) is 30.4 Å². The van der Waals surface area contributed by atoms with Gasteiger partial charge in [-0.3, -0.25) is 9.69 Å². The predicted octanol–water partition coefficient (Wildman–Crippen LogP) is -4.98. The van der Waals surface area contributed by atoms with Crippen molar-refractivity contribution in [3.8, 4) is 5.75 Å². The molecule has 1 unspecified atom stereocenters. The summed E-state index contributed by atoms with van der Waals surface area (Å²) in [6.45, 7) is 8.55. The van der Waals surface area contributed by atoms with Crippen LogP contribution in [0.4, 0.5) is 5.69 Å². The molecule has 0 bridgehead atoms. The van der Waals surface area contributed by atoms with Crippen LogP contribution in [0.5, 0.6) is 5.75 Å². The molecule has 1 aliphatic rings. The van der Waals surface area contributed by atoms with Gasteiger partial charge in [-0.15, -0.1) is 0 Å². The second-order valence-corrected chi connectivity index (χ2v) is 9.03. The molecule has 34 heavy (non-hydrogen) atoms. The number of hydrogen-bond donors (Lipinski definition) is 2. The number of nitrogens with one attached hydrogen (secondary N) is 2. The van der Waals surface area contributed by atoms with Gasteiger partial charge in [0.15, 0.2) is 11.4 Å². The number of nitrogens with zero attached hydrogens (tertiary/aromatic N) is 2. The smallest absolute Gasteiger partial charge is 0.275 e. The average molecular weight is 503 g/mol. The first-order chi connectivity index (χ1) is 15.7. The molecule has 2 aromatic heterocycles. The number of para-hydroxylation sites is 4. The first kappa shape index (κ1) is 26.1. The Morgan fingerprint density at radius 2 is 1.53 bits per heavy atom. The van der Waals surface area contributed by atoms with Gasteiger partial charge >= 0.3 is 0 Å². The topological polar surface area (TPSA) is 44.5 Å². The van der Waals surface area contributed by atoms with E-state index in [0.29, 0.717) is 5.92 Å². The van der Waals surface area contributed by atoms with E-state index in [9.17, 15) is 4.79 Å². The van der Waals surface area contributed by atoms with Crippen molar-refractivity contribution in [3.63, 3.8) is 0 Å². The van der Waals surface area contributed by atoms with Gasteiger partial charge in [-0.25, -0.2) is 0 Å². The number of rotatable bonds is 6. The van der Waals surface area contributed by atoms with Gasteiger partial charge in [-0.1, -0.05) is 31.2 Å². The molecule has 0 spiro atoms. The van der Waals surface area contributed by atoms with Crippen LogP contribution in [-0.2, 0) is 6.54 Å². The lowest BCUT2D eigenvalue weighted by atomic mass is 10.1. The standard InChI is InChI=1S/C26H30N4O2.2ClH/c1-20(18-27-14-16-28(17-15-27)23-10-5-6-12-25(23)32-2)19-30-22-9-4-3-8-21(22)29-13-7-11-24(29)26(30)31;;/h3-13,20H,14-19H2,1-2H3;2*1H. The zero-order valence-electron chi connectivity index (χ0n) is 19.6. The summed E-state index contributed by atoms with van der Waals surface area (Å²) in [5.41, 5.74) is 4.20. The maximum atomic E-state index is 13.2. The summed E-state index contributed by atoms with van der Waals surface area (Å²) in [4.78, 5) is 16.3. The molecule has 5 rings (SSSR count). The summed E-state index contributed by atoms with van der Waals surface area (Å²) in [6.07, 6.45) is 1.97. The zero-order valence-corrected chi connectivity index (χ0v) is 21.1. The van der Waals surface area contributed by atoms with Crippen LogP contribution in [0, 0.1) is 5.92 Å². The Hall–Kier alpha value is -2.51. The highest BCUT2D eigenvalue weighted by molar-refractivity contribution is 5.79. The van der Waals surface area contributed by atoms with E-state index in [4.69, 9.17) is 4.74 Å². The van der Waals surface area contributed by atoms with Crippen molar-refractivity contribution in [1.29, 1.82) is 0 Å². The van der Waals surface area contributed by atoms with E-state index in [1.54, 1.807) is 12.0 Å². The quantitative estimate of drug-likeness (QED) is 0.277. The number of methoxy groups -OCH3 is 1.